The van der Waals surface area contributed by atoms with Gasteiger partial charge in [0.2, 0.25) is 0 Å². The van der Waals surface area contributed by atoms with Crippen molar-refractivity contribution in [3.8, 4) is 0 Å². The van der Waals surface area contributed by atoms with Gasteiger partial charge in [-0.3, -0.25) is 0 Å². The van der Waals surface area contributed by atoms with Crippen LogP contribution in [0.15, 0.2) is 60.7 Å². The molecule has 0 aromatic heterocycles. The lowest BCUT2D eigenvalue weighted by atomic mass is 9.98. The van der Waals surface area contributed by atoms with Gasteiger partial charge in [-0.25, -0.2) is 0 Å². The average molecular weight is 347 g/mol. The van der Waals surface area contributed by atoms with Crippen molar-refractivity contribution < 1.29 is 0 Å². The molecule has 0 saturated carbocycles. The smallest absolute Gasteiger partial charge is 0.0683 e. The molecule has 0 amide bonds. The monoisotopic (exact) mass is 346 g/mol. The normalized spacial score (nSPS) is 19.2. The molecule has 4 rings (SSSR count). The Morgan fingerprint density at radius 1 is 0.462 bits per heavy atom. The number of hydrogen-bond donors (Lipinski definition) is 0. The third-order valence-corrected chi connectivity index (χ3v) is 5.66. The van der Waals surface area contributed by atoms with Crippen LogP contribution in [0.2, 0.25) is 0 Å². The fraction of sp³-hybridized carbons (Fsp3) is 0.417. The first-order valence-electron chi connectivity index (χ1n) is 10.3. The maximum atomic E-state index is 2.65. The molecule has 26 heavy (non-hydrogen) atoms. The van der Waals surface area contributed by atoms with E-state index >= 15 is 0 Å². The Labute approximate surface area is 158 Å². The molecule has 0 atom stereocenters. The van der Waals surface area contributed by atoms with Crippen LogP contribution in [0.3, 0.4) is 0 Å². The summed E-state index contributed by atoms with van der Waals surface area (Å²) in [5, 5.41) is 0. The summed E-state index contributed by atoms with van der Waals surface area (Å²) in [6, 6.07) is 22.1. The third-order valence-electron chi connectivity index (χ3n) is 5.66. The molecule has 2 nitrogen and oxygen atoms in total. The van der Waals surface area contributed by atoms with Crippen molar-refractivity contribution in [3.63, 3.8) is 0 Å². The molecule has 0 unspecified atom stereocenters. The van der Waals surface area contributed by atoms with E-state index in [1.165, 1.54) is 87.2 Å². The van der Waals surface area contributed by atoms with Crippen LogP contribution in [-0.4, -0.2) is 36.0 Å². The van der Waals surface area contributed by atoms with Gasteiger partial charge in [0.25, 0.3) is 0 Å². The van der Waals surface area contributed by atoms with Crippen LogP contribution < -0.4 is 0 Å². The first kappa shape index (κ1) is 17.2. The highest BCUT2D eigenvalue weighted by Crippen LogP contribution is 2.35. The number of piperidine rings is 2. The van der Waals surface area contributed by atoms with Crippen molar-refractivity contribution in [2.75, 3.05) is 26.2 Å². The maximum absolute atomic E-state index is 2.65. The van der Waals surface area contributed by atoms with Crippen LogP contribution in [0, 0.1) is 0 Å². The molecule has 0 radical (unpaired) electrons. The van der Waals surface area contributed by atoms with Crippen molar-refractivity contribution in [1.82, 2.24) is 9.80 Å². The summed E-state index contributed by atoms with van der Waals surface area (Å²) in [6.45, 7) is 4.70. The quantitative estimate of drug-likeness (QED) is 0.676. The van der Waals surface area contributed by atoms with E-state index in [-0.39, 0.29) is 0 Å². The molecule has 2 aliphatic heterocycles. The molecular formula is C24H30N2. The highest BCUT2D eigenvalue weighted by atomic mass is 15.2. The average Bonchev–Trinajstić information content (AvgIpc) is 2.74. The number of benzene rings is 2. The van der Waals surface area contributed by atoms with Gasteiger partial charge in [-0.15, -0.1) is 0 Å². The van der Waals surface area contributed by atoms with Crippen LogP contribution >= 0.6 is 0 Å². The largest absolute Gasteiger partial charge is 0.369 e. The summed E-state index contributed by atoms with van der Waals surface area (Å²) in [6.07, 6.45) is 7.94. The van der Waals surface area contributed by atoms with E-state index in [2.05, 4.69) is 70.5 Å². The first-order chi connectivity index (χ1) is 12.9. The molecule has 2 aromatic rings. The zero-order chi connectivity index (χ0) is 17.6. The molecule has 2 heteroatoms. The molecule has 0 bridgehead atoms. The van der Waals surface area contributed by atoms with Crippen molar-refractivity contribution in [3.05, 3.63) is 71.8 Å². The second kappa shape index (κ2) is 8.44. The summed E-state index contributed by atoms with van der Waals surface area (Å²) in [5.41, 5.74) is 5.61. The van der Waals surface area contributed by atoms with Gasteiger partial charge in [0.1, 0.15) is 0 Å². The van der Waals surface area contributed by atoms with Gasteiger partial charge >= 0.3 is 0 Å². The number of hydrogen-bond acceptors (Lipinski definition) is 2. The SMILES string of the molecule is c1ccc(/C(=C(/c2ccccc2)N2CCCCC2)N2CCCCC2)cc1. The lowest BCUT2D eigenvalue weighted by Crippen LogP contribution is -2.34. The second-order valence-corrected chi connectivity index (χ2v) is 7.52. The lowest BCUT2D eigenvalue weighted by molar-refractivity contribution is 0.304. The van der Waals surface area contributed by atoms with Crippen LogP contribution in [0.1, 0.15) is 49.7 Å². The van der Waals surface area contributed by atoms with Crippen LogP contribution in [0.25, 0.3) is 11.4 Å². The fourth-order valence-electron chi connectivity index (χ4n) is 4.37. The summed E-state index contributed by atoms with van der Waals surface area (Å²) in [7, 11) is 0. The highest BCUT2D eigenvalue weighted by molar-refractivity contribution is 5.89. The van der Waals surface area contributed by atoms with Gasteiger partial charge in [0, 0.05) is 26.2 Å². The Bertz CT molecular complexity index is 645. The Kier molecular flexibility index (Phi) is 5.59. The standard InChI is InChI=1S/C24H30N2/c1-5-13-21(14-6-1)23(25-17-9-3-10-18-25)24(22-15-7-2-8-16-22)26-19-11-4-12-20-26/h1-2,5-8,13-16H,3-4,9-12,17-20H2/b24-23+. The lowest BCUT2D eigenvalue weighted by Gasteiger charge is -2.38. The minimum absolute atomic E-state index is 1.18. The van der Waals surface area contributed by atoms with Gasteiger partial charge in [0.15, 0.2) is 0 Å². The minimum Gasteiger partial charge on any atom is -0.369 e. The number of nitrogens with zero attached hydrogens (tertiary/aromatic N) is 2. The van der Waals surface area contributed by atoms with E-state index in [1.807, 2.05) is 0 Å². The predicted octanol–water partition coefficient (Wildman–Crippen LogP) is 5.48. The molecule has 0 N–H and O–H groups in total. The molecule has 2 aliphatic rings. The molecule has 2 aromatic carbocycles. The van der Waals surface area contributed by atoms with Crippen LogP contribution in [0.5, 0.6) is 0 Å². The van der Waals surface area contributed by atoms with Gasteiger partial charge in [-0.1, -0.05) is 60.7 Å². The zero-order valence-corrected chi connectivity index (χ0v) is 15.7. The summed E-state index contributed by atoms with van der Waals surface area (Å²) in [5.74, 6) is 0. The molecule has 2 fully saturated rings. The maximum Gasteiger partial charge on any atom is 0.0683 e. The summed E-state index contributed by atoms with van der Waals surface area (Å²) in [4.78, 5) is 5.30. The van der Waals surface area contributed by atoms with E-state index in [1.54, 1.807) is 0 Å². The van der Waals surface area contributed by atoms with Crippen molar-refractivity contribution >= 4 is 11.4 Å². The first-order valence-corrected chi connectivity index (χ1v) is 10.3. The van der Waals surface area contributed by atoms with Gasteiger partial charge < -0.3 is 9.80 Å². The van der Waals surface area contributed by atoms with Crippen LogP contribution in [0.4, 0.5) is 0 Å². The minimum atomic E-state index is 1.18. The fourth-order valence-corrected chi connectivity index (χ4v) is 4.37. The zero-order valence-electron chi connectivity index (χ0n) is 15.7. The van der Waals surface area contributed by atoms with Crippen molar-refractivity contribution in [2.45, 2.75) is 38.5 Å². The van der Waals surface area contributed by atoms with E-state index in [0.29, 0.717) is 0 Å². The number of likely N-dealkylation sites (tertiary alicyclic amines) is 2. The summed E-state index contributed by atoms with van der Waals surface area (Å²) < 4.78 is 0. The molecule has 0 spiro atoms. The van der Waals surface area contributed by atoms with Crippen molar-refractivity contribution in [1.29, 1.82) is 0 Å². The van der Waals surface area contributed by atoms with Crippen LogP contribution in [-0.2, 0) is 0 Å². The van der Waals surface area contributed by atoms with E-state index in [0.717, 1.165) is 0 Å². The van der Waals surface area contributed by atoms with Gasteiger partial charge in [-0.2, -0.15) is 0 Å². The molecular weight excluding hydrogens is 316 g/mol. The molecule has 2 saturated heterocycles. The Hall–Kier alpha value is -2.22. The van der Waals surface area contributed by atoms with E-state index in [9.17, 15) is 0 Å². The second-order valence-electron chi connectivity index (χ2n) is 7.52. The van der Waals surface area contributed by atoms with Gasteiger partial charge in [0.05, 0.1) is 11.4 Å². The molecule has 0 aliphatic carbocycles. The van der Waals surface area contributed by atoms with Gasteiger partial charge in [-0.05, 0) is 49.7 Å². The Balaban J connectivity index is 1.88. The Morgan fingerprint density at radius 2 is 0.808 bits per heavy atom. The highest BCUT2D eigenvalue weighted by Gasteiger charge is 2.24. The third kappa shape index (κ3) is 3.80. The molecule has 136 valence electrons. The number of rotatable bonds is 4. The van der Waals surface area contributed by atoms with E-state index < -0.39 is 0 Å². The van der Waals surface area contributed by atoms with Crippen molar-refractivity contribution in [2.24, 2.45) is 0 Å². The Morgan fingerprint density at radius 3 is 1.15 bits per heavy atom. The summed E-state index contributed by atoms with van der Waals surface area (Å²) >= 11 is 0. The predicted molar refractivity (Wildman–Crippen MR) is 111 cm³/mol. The molecule has 2 heterocycles. The van der Waals surface area contributed by atoms with E-state index in [4.69, 9.17) is 0 Å². The topological polar surface area (TPSA) is 6.48 Å².